The van der Waals surface area contributed by atoms with Crippen LogP contribution in [0.1, 0.15) is 66.0 Å². The van der Waals surface area contributed by atoms with Crippen LogP contribution in [0.5, 0.6) is 0 Å². The normalized spacial score (nSPS) is 12.2. The molecule has 0 unspecified atom stereocenters. The fraction of sp³-hybridized carbons (Fsp3) is 0.130. The molecule has 0 spiro atoms. The van der Waals surface area contributed by atoms with Gasteiger partial charge in [0.05, 0.1) is 95.0 Å². The SMILES string of the molecule is CC(=O)Nc1cnc(-c2ccc(F)c(C)c2)c(-c2ccc3nccn3c2)c1.CC(=O)Nc1cnc(-c2ccc(F)c(C)c2)c(-c2ccc3nccn3c2)c1.Cc1cc(-c2ncc(CO)cc2-c2ccc3nccnc3c2)ccc1F.Cc1cc(-c2ncc(NC(=O)N3CCOCC3)cc2-c2ccc3nccn3c2)ccc1F.Fc1ccc(-c2ncccc2-c2ccc3nccn3c2)cc1C1CC1. The number of aromatic nitrogens is 15. The monoisotopic (exact) mass is 1830 g/mol. The number of anilines is 3. The highest BCUT2D eigenvalue weighted by Gasteiger charge is 2.28. The maximum Gasteiger partial charge on any atom is 0.322 e. The second-order valence-electron chi connectivity index (χ2n) is 33.1. The zero-order chi connectivity index (χ0) is 94.9. The fourth-order valence-electron chi connectivity index (χ4n) is 16.3. The third kappa shape index (κ3) is 20.8. The van der Waals surface area contributed by atoms with Gasteiger partial charge in [-0.2, -0.15) is 0 Å². The van der Waals surface area contributed by atoms with Gasteiger partial charge in [-0.3, -0.25) is 44.5 Å². The molecule has 680 valence electrons. The van der Waals surface area contributed by atoms with Crippen molar-refractivity contribution in [2.75, 3.05) is 42.3 Å². The number of urea groups is 1. The minimum absolute atomic E-state index is 0.101. The molecule has 24 nitrogen and oxygen atoms in total. The number of imidazole rings is 4. The number of fused-ring (bicyclic) bond motifs is 5. The summed E-state index contributed by atoms with van der Waals surface area (Å²) in [5, 5.41) is 18.0. The first-order chi connectivity index (χ1) is 66.5. The van der Waals surface area contributed by atoms with E-state index < -0.39 is 0 Å². The predicted molar refractivity (Wildman–Crippen MR) is 520 cm³/mol. The lowest BCUT2D eigenvalue weighted by Gasteiger charge is -2.27. The number of rotatable bonds is 15. The minimum atomic E-state index is -0.260. The summed E-state index contributed by atoms with van der Waals surface area (Å²) in [7, 11) is 0. The largest absolute Gasteiger partial charge is 0.392 e. The van der Waals surface area contributed by atoms with E-state index in [4.69, 9.17) is 4.74 Å². The predicted octanol–water partition coefficient (Wildman–Crippen LogP) is 22.7. The average Bonchev–Trinajstić information content (AvgIpc) is 1.78. The van der Waals surface area contributed by atoms with Gasteiger partial charge in [0.25, 0.3) is 0 Å². The molecule has 1 saturated carbocycles. The Hall–Kier alpha value is -17.1. The summed E-state index contributed by atoms with van der Waals surface area (Å²) in [5.41, 5.74) is 27.6. The lowest BCUT2D eigenvalue weighted by atomic mass is 9.96. The molecule has 0 atom stereocenters. The van der Waals surface area contributed by atoms with E-state index in [1.54, 1.807) is 155 Å². The number of pyridine rings is 9. The van der Waals surface area contributed by atoms with Gasteiger partial charge in [-0.05, 0) is 267 Å². The Bertz CT molecular complexity index is 7780. The van der Waals surface area contributed by atoms with Crippen molar-refractivity contribution in [1.29, 1.82) is 0 Å². The van der Waals surface area contributed by atoms with Crippen molar-refractivity contribution in [3.63, 3.8) is 0 Å². The van der Waals surface area contributed by atoms with Crippen molar-refractivity contribution in [3.8, 4) is 112 Å². The van der Waals surface area contributed by atoms with Crippen molar-refractivity contribution in [3.05, 3.63) is 374 Å². The summed E-state index contributed by atoms with van der Waals surface area (Å²) in [6, 6.07) is 57.9. The molecule has 29 heteroatoms. The Morgan fingerprint density at radius 1 is 0.350 bits per heavy atom. The van der Waals surface area contributed by atoms with Gasteiger partial charge >= 0.3 is 6.03 Å². The second-order valence-corrected chi connectivity index (χ2v) is 33.1. The number of nitrogens with one attached hydrogen (secondary N) is 3. The van der Waals surface area contributed by atoms with E-state index in [9.17, 15) is 41.4 Å². The number of carbonyl (C=O) groups is 3. The number of aliphatic hydroxyl groups excluding tert-OH is 1. The van der Waals surface area contributed by atoms with Crippen LogP contribution in [-0.2, 0) is 20.9 Å². The Morgan fingerprint density at radius 2 is 0.708 bits per heavy atom. The van der Waals surface area contributed by atoms with Crippen molar-refractivity contribution >= 4 is 68.5 Å². The Labute approximate surface area is 783 Å². The molecule has 15 heterocycles. The number of carbonyl (C=O) groups excluding carboxylic acids is 3. The number of ether oxygens (including phenoxy) is 1. The van der Waals surface area contributed by atoms with E-state index in [0.29, 0.717) is 94.2 Å². The van der Waals surface area contributed by atoms with E-state index in [-0.39, 0.29) is 53.5 Å². The van der Waals surface area contributed by atoms with Gasteiger partial charge in [0.15, 0.2) is 0 Å². The van der Waals surface area contributed by atoms with Crippen LogP contribution in [0.4, 0.5) is 43.8 Å². The van der Waals surface area contributed by atoms with Crippen molar-refractivity contribution in [2.45, 2.75) is 66.9 Å². The van der Waals surface area contributed by atoms with Crippen molar-refractivity contribution < 1.29 is 46.2 Å². The molecule has 1 aliphatic carbocycles. The molecule has 4 N–H and O–H groups in total. The first-order valence-corrected chi connectivity index (χ1v) is 44.1. The molecular formula is C108H88F5N19O5. The summed E-state index contributed by atoms with van der Waals surface area (Å²) < 4.78 is 82.1. The zero-order valence-electron chi connectivity index (χ0n) is 75.1. The van der Waals surface area contributed by atoms with Crippen LogP contribution in [0, 0.1) is 56.8 Å². The number of benzene rings is 6. The number of halogens is 5. The maximum absolute atomic E-state index is 14.1. The number of amides is 4. The second kappa shape index (κ2) is 40.2. The molecule has 22 rings (SSSR count). The van der Waals surface area contributed by atoms with E-state index in [1.807, 2.05) is 176 Å². The van der Waals surface area contributed by atoms with Crippen molar-refractivity contribution in [2.24, 2.45) is 0 Å². The topological polar surface area (TPSA) is 279 Å². The molecule has 137 heavy (non-hydrogen) atoms. The minimum Gasteiger partial charge on any atom is -0.392 e. The van der Waals surface area contributed by atoms with Crippen molar-refractivity contribution in [1.82, 2.24) is 77.3 Å². The molecule has 2 fully saturated rings. The number of morpholine rings is 1. The van der Waals surface area contributed by atoms with E-state index in [2.05, 4.69) is 76.8 Å². The molecule has 14 aromatic heterocycles. The summed E-state index contributed by atoms with van der Waals surface area (Å²) >= 11 is 0. The fourth-order valence-corrected chi connectivity index (χ4v) is 16.3. The molecule has 1 aliphatic heterocycles. The molecule has 20 aromatic rings. The van der Waals surface area contributed by atoms with Crippen LogP contribution in [0.25, 0.3) is 146 Å². The van der Waals surface area contributed by atoms with Gasteiger partial charge in [-0.15, -0.1) is 0 Å². The van der Waals surface area contributed by atoms with E-state index >= 15 is 0 Å². The standard InChI is InChI=1S/C24H22FN5O2.2C21H17FN4O.C21H16FN3O.C21H16FN3/c1-16-12-17(2-4-21(16)25)23-20(18-3-5-22-26-6-7-30(22)15-18)13-19(14-27-23)28-24(31)29-8-10-32-11-9-29;2*1-13-9-15(3-5-19(13)22)21-18(10-17(11-24-21)25-14(2)27)16-4-6-20-23-7-8-26(20)12-16;1-13-8-16(2-4-18(13)22)21-17(9-14(12-26)11-25-21)15-3-5-19-20(10-15)24-7-6-23-19;22-19-7-5-15(12-18(19)14-3-4-14)21-17(2-1-9-24-21)16-6-8-20-23-10-11-25(20)13-16/h2-7,12-15H,8-11H2,1H3,(H,28,31);2*3-12H,1-2H3,(H,25,27);2-11,26H,12H2,1H3;1-2,5-14H,3-4H2. The van der Waals surface area contributed by atoms with Gasteiger partial charge < -0.3 is 48.3 Å². The molecule has 0 radical (unpaired) electrons. The summed E-state index contributed by atoms with van der Waals surface area (Å²) in [6.45, 7) is 11.9. The molecule has 1 saturated heterocycles. The molecule has 2 aliphatic rings. The van der Waals surface area contributed by atoms with Gasteiger partial charge in [-0.1, -0.05) is 12.1 Å². The Kier molecular flexibility index (Phi) is 26.5. The van der Waals surface area contributed by atoms with Crippen LogP contribution in [0.2, 0.25) is 0 Å². The van der Waals surface area contributed by atoms with Crippen LogP contribution >= 0.6 is 0 Å². The molecule has 0 bridgehead atoms. The van der Waals surface area contributed by atoms with E-state index in [1.165, 1.54) is 38.1 Å². The number of aryl methyl sites for hydroxylation is 4. The van der Waals surface area contributed by atoms with E-state index in [0.717, 1.165) is 147 Å². The third-order valence-corrected chi connectivity index (χ3v) is 23.4. The summed E-state index contributed by atoms with van der Waals surface area (Å²) in [5.74, 6) is -1.09. The molecule has 4 amide bonds. The number of nitrogens with zero attached hydrogens (tertiary/aromatic N) is 16. The van der Waals surface area contributed by atoms with Crippen LogP contribution < -0.4 is 16.0 Å². The first-order valence-electron chi connectivity index (χ1n) is 44.1. The summed E-state index contributed by atoms with van der Waals surface area (Å²) in [4.78, 5) is 85.9. The molecule has 6 aromatic carbocycles. The maximum atomic E-state index is 14.1. The van der Waals surface area contributed by atoms with Gasteiger partial charge in [0, 0.05) is 204 Å². The summed E-state index contributed by atoms with van der Waals surface area (Å²) in [6.07, 6.45) is 36.2. The van der Waals surface area contributed by atoms with Gasteiger partial charge in [-0.25, -0.2) is 46.7 Å². The lowest BCUT2D eigenvalue weighted by molar-refractivity contribution is -0.115. The van der Waals surface area contributed by atoms with Crippen LogP contribution in [0.15, 0.2) is 312 Å². The zero-order valence-corrected chi connectivity index (χ0v) is 75.1. The highest BCUT2D eigenvalue weighted by Crippen LogP contribution is 2.45. The van der Waals surface area contributed by atoms with Crippen LogP contribution in [0.3, 0.4) is 0 Å². The van der Waals surface area contributed by atoms with Gasteiger partial charge in [0.1, 0.15) is 51.7 Å². The quantitative estimate of drug-likeness (QED) is 0.0694. The average molecular weight is 1830 g/mol. The third-order valence-electron chi connectivity index (χ3n) is 23.4. The van der Waals surface area contributed by atoms with Gasteiger partial charge in [0.2, 0.25) is 11.8 Å². The highest BCUT2D eigenvalue weighted by atomic mass is 19.1. The number of hydrogen-bond donors (Lipinski definition) is 4. The Morgan fingerprint density at radius 3 is 1.11 bits per heavy atom. The molecular weight excluding hydrogens is 1740 g/mol. The number of hydrogen-bond acceptors (Lipinski definition) is 16. The number of aliphatic hydroxyl groups is 1. The van der Waals surface area contributed by atoms with Crippen LogP contribution in [-0.4, -0.2) is 127 Å². The lowest BCUT2D eigenvalue weighted by Crippen LogP contribution is -2.43. The smallest absolute Gasteiger partial charge is 0.322 e. The highest BCUT2D eigenvalue weighted by molar-refractivity contribution is 5.95. The first kappa shape index (κ1) is 90.5. The Balaban J connectivity index is 0.000000114.